The molecule has 6 heteroatoms. The number of carbonyl (C=O) groups is 1. The first-order chi connectivity index (χ1) is 15.5. The number of halogens is 1. The Bertz CT molecular complexity index is 1220. The van der Waals surface area contributed by atoms with E-state index in [1.807, 2.05) is 30.3 Å². The molecule has 0 fully saturated rings. The van der Waals surface area contributed by atoms with E-state index in [-0.39, 0.29) is 6.42 Å². The molecule has 1 heterocycles. The number of hydrogen-bond acceptors (Lipinski definition) is 3. The number of ether oxygens (including phenoxy) is 1. The third-order valence-corrected chi connectivity index (χ3v) is 5.92. The lowest BCUT2D eigenvalue weighted by molar-refractivity contribution is -0.137. The van der Waals surface area contributed by atoms with Crippen LogP contribution in [0.15, 0.2) is 71.2 Å². The minimum absolute atomic E-state index is 0.204. The average molecular weight is 493 g/mol. The Morgan fingerprint density at radius 2 is 1.78 bits per heavy atom. The zero-order chi connectivity index (χ0) is 22.5. The highest BCUT2D eigenvalue weighted by Crippen LogP contribution is 2.35. The first-order valence-corrected chi connectivity index (χ1v) is 11.5. The van der Waals surface area contributed by atoms with E-state index in [4.69, 9.17) is 14.8 Å². The van der Waals surface area contributed by atoms with Crippen LogP contribution in [-0.2, 0) is 4.79 Å². The number of carboxylic acids is 1. The fourth-order valence-corrected chi connectivity index (χ4v) is 4.19. The lowest BCUT2D eigenvalue weighted by Crippen LogP contribution is -2.00. The van der Waals surface area contributed by atoms with Gasteiger partial charge in [-0.15, -0.1) is 0 Å². The second-order valence-corrected chi connectivity index (χ2v) is 8.65. The smallest absolute Gasteiger partial charge is 0.303 e. The fourth-order valence-electron chi connectivity index (χ4n) is 3.68. The molecular weight excluding hydrogens is 468 g/mol. The molecule has 5 nitrogen and oxygen atoms in total. The third-order valence-electron chi connectivity index (χ3n) is 5.32. The molecule has 0 aliphatic carbocycles. The van der Waals surface area contributed by atoms with Crippen molar-refractivity contribution in [2.75, 3.05) is 6.61 Å². The van der Waals surface area contributed by atoms with Crippen molar-refractivity contribution in [2.45, 2.75) is 32.6 Å². The largest absolute Gasteiger partial charge is 0.493 e. The van der Waals surface area contributed by atoms with Crippen molar-refractivity contribution >= 4 is 32.9 Å². The first kappa shape index (κ1) is 22.1. The highest BCUT2D eigenvalue weighted by Gasteiger charge is 2.17. The Hall–Kier alpha value is -3.12. The molecule has 0 amide bonds. The molecule has 0 bridgehead atoms. The SMILES string of the molecule is Cc1ccc(-n2c(-c3ccccc3)nc3c(Br)cc(OCCCCCC(=O)O)cc32)cc1. The zero-order valence-electron chi connectivity index (χ0n) is 17.9. The number of fused-ring (bicyclic) bond motifs is 1. The quantitative estimate of drug-likeness (QED) is 0.261. The van der Waals surface area contributed by atoms with Gasteiger partial charge in [-0.2, -0.15) is 0 Å². The van der Waals surface area contributed by atoms with Crippen molar-refractivity contribution in [2.24, 2.45) is 0 Å². The van der Waals surface area contributed by atoms with E-state index in [0.29, 0.717) is 13.0 Å². The maximum absolute atomic E-state index is 10.6. The first-order valence-electron chi connectivity index (χ1n) is 10.7. The number of aryl methyl sites for hydroxylation is 1. The predicted molar refractivity (Wildman–Crippen MR) is 131 cm³/mol. The molecule has 32 heavy (non-hydrogen) atoms. The van der Waals surface area contributed by atoms with Crippen molar-refractivity contribution in [3.8, 4) is 22.8 Å². The van der Waals surface area contributed by atoms with Gasteiger partial charge in [0.15, 0.2) is 0 Å². The molecule has 1 N–H and O–H groups in total. The minimum Gasteiger partial charge on any atom is -0.493 e. The van der Waals surface area contributed by atoms with Gasteiger partial charge in [0.25, 0.3) is 0 Å². The molecule has 0 spiro atoms. The molecular formula is C26H25BrN2O3. The zero-order valence-corrected chi connectivity index (χ0v) is 19.5. The summed E-state index contributed by atoms with van der Waals surface area (Å²) in [6.45, 7) is 2.62. The summed E-state index contributed by atoms with van der Waals surface area (Å²) in [5.74, 6) is 0.880. The fraction of sp³-hybridized carbons (Fsp3) is 0.231. The summed E-state index contributed by atoms with van der Waals surface area (Å²) in [6.07, 6.45) is 2.52. The third kappa shape index (κ3) is 5.02. The molecule has 0 aliphatic heterocycles. The van der Waals surface area contributed by atoms with Gasteiger partial charge in [-0.1, -0.05) is 48.0 Å². The number of benzene rings is 3. The van der Waals surface area contributed by atoms with Crippen molar-refractivity contribution < 1.29 is 14.6 Å². The number of unbranched alkanes of at least 4 members (excludes halogenated alkanes) is 2. The Morgan fingerprint density at radius 3 is 2.50 bits per heavy atom. The molecule has 164 valence electrons. The molecule has 0 saturated heterocycles. The van der Waals surface area contributed by atoms with Gasteiger partial charge in [0.2, 0.25) is 0 Å². The number of carboxylic acid groups (broad SMARTS) is 1. The van der Waals surface area contributed by atoms with E-state index in [2.05, 4.69) is 63.8 Å². The normalized spacial score (nSPS) is 11.1. The number of rotatable bonds is 9. The van der Waals surface area contributed by atoms with Gasteiger partial charge in [0.05, 0.1) is 12.1 Å². The topological polar surface area (TPSA) is 64.4 Å². The van der Waals surface area contributed by atoms with Gasteiger partial charge in [-0.05, 0) is 60.3 Å². The number of nitrogens with zero attached hydrogens (tertiary/aromatic N) is 2. The van der Waals surface area contributed by atoms with Crippen LogP contribution < -0.4 is 4.74 Å². The molecule has 0 unspecified atom stereocenters. The van der Waals surface area contributed by atoms with Crippen LogP contribution >= 0.6 is 15.9 Å². The summed E-state index contributed by atoms with van der Waals surface area (Å²) >= 11 is 3.68. The summed E-state index contributed by atoms with van der Waals surface area (Å²) < 4.78 is 9.04. The number of imidazole rings is 1. The maximum atomic E-state index is 10.6. The van der Waals surface area contributed by atoms with E-state index in [9.17, 15) is 4.79 Å². The van der Waals surface area contributed by atoms with Crippen molar-refractivity contribution in [1.29, 1.82) is 0 Å². The number of hydrogen-bond donors (Lipinski definition) is 1. The molecule has 0 saturated carbocycles. The van der Waals surface area contributed by atoms with Crippen LogP contribution in [0, 0.1) is 6.92 Å². The summed E-state index contributed by atoms with van der Waals surface area (Å²) in [4.78, 5) is 15.6. The average Bonchev–Trinajstić information content (AvgIpc) is 3.17. The van der Waals surface area contributed by atoms with Crippen molar-refractivity contribution in [1.82, 2.24) is 9.55 Å². The van der Waals surface area contributed by atoms with Crippen LogP contribution in [0.5, 0.6) is 5.75 Å². The number of aromatic nitrogens is 2. The molecule has 0 radical (unpaired) electrons. The van der Waals surface area contributed by atoms with E-state index in [1.165, 1.54) is 5.56 Å². The van der Waals surface area contributed by atoms with Gasteiger partial charge in [0, 0.05) is 28.2 Å². The van der Waals surface area contributed by atoms with Gasteiger partial charge >= 0.3 is 5.97 Å². The van der Waals surface area contributed by atoms with Gasteiger partial charge < -0.3 is 9.84 Å². The van der Waals surface area contributed by atoms with Gasteiger partial charge in [-0.25, -0.2) is 4.98 Å². The van der Waals surface area contributed by atoms with Crippen LogP contribution in [0.25, 0.3) is 28.1 Å². The molecule has 3 aromatic carbocycles. The van der Waals surface area contributed by atoms with Crippen LogP contribution in [0.4, 0.5) is 0 Å². The monoisotopic (exact) mass is 492 g/mol. The Morgan fingerprint density at radius 1 is 1.03 bits per heavy atom. The summed E-state index contributed by atoms with van der Waals surface area (Å²) in [5, 5.41) is 8.75. The van der Waals surface area contributed by atoms with Crippen LogP contribution in [0.3, 0.4) is 0 Å². The van der Waals surface area contributed by atoms with E-state index in [0.717, 1.165) is 51.2 Å². The van der Waals surface area contributed by atoms with E-state index >= 15 is 0 Å². The van der Waals surface area contributed by atoms with E-state index < -0.39 is 5.97 Å². The summed E-state index contributed by atoms with van der Waals surface area (Å²) in [6, 6.07) is 22.5. The second kappa shape index (κ2) is 10.0. The highest BCUT2D eigenvalue weighted by atomic mass is 79.9. The summed E-state index contributed by atoms with van der Waals surface area (Å²) in [5.41, 5.74) is 5.11. The molecule has 4 aromatic rings. The van der Waals surface area contributed by atoms with Crippen LogP contribution in [-0.4, -0.2) is 27.2 Å². The standard InChI is InChI=1S/C26H25BrN2O3/c1-18-11-13-20(14-12-18)29-23-17-21(32-15-7-3-6-10-24(30)31)16-22(27)25(23)28-26(29)19-8-4-2-5-9-19/h2,4-5,8-9,11-14,16-17H,3,6-7,10,15H2,1H3,(H,30,31). The summed E-state index contributed by atoms with van der Waals surface area (Å²) in [7, 11) is 0. The molecule has 4 rings (SSSR count). The van der Waals surface area contributed by atoms with Gasteiger partial charge in [0.1, 0.15) is 17.1 Å². The molecule has 0 aliphatic rings. The minimum atomic E-state index is -0.751. The second-order valence-electron chi connectivity index (χ2n) is 7.80. The molecule has 1 aromatic heterocycles. The lowest BCUT2D eigenvalue weighted by Gasteiger charge is -2.11. The van der Waals surface area contributed by atoms with Gasteiger partial charge in [-0.3, -0.25) is 9.36 Å². The number of aliphatic carboxylic acids is 1. The van der Waals surface area contributed by atoms with Crippen LogP contribution in [0.2, 0.25) is 0 Å². The maximum Gasteiger partial charge on any atom is 0.303 e. The Labute approximate surface area is 195 Å². The van der Waals surface area contributed by atoms with Crippen molar-refractivity contribution in [3.63, 3.8) is 0 Å². The van der Waals surface area contributed by atoms with Crippen LogP contribution in [0.1, 0.15) is 31.2 Å². The van der Waals surface area contributed by atoms with Crippen molar-refractivity contribution in [3.05, 3.63) is 76.8 Å². The van der Waals surface area contributed by atoms with E-state index in [1.54, 1.807) is 0 Å². The predicted octanol–water partition coefficient (Wildman–Crippen LogP) is 6.79. The Balaban J connectivity index is 1.69. The highest BCUT2D eigenvalue weighted by molar-refractivity contribution is 9.10. The molecule has 0 atom stereocenters. The lowest BCUT2D eigenvalue weighted by atomic mass is 10.2. The Kier molecular flexibility index (Phi) is 6.90.